The predicted octanol–water partition coefficient (Wildman–Crippen LogP) is 1.94. The van der Waals surface area contributed by atoms with Gasteiger partial charge in [0, 0.05) is 8.59 Å². The second kappa shape index (κ2) is 4.41. The summed E-state index contributed by atoms with van der Waals surface area (Å²) in [5.41, 5.74) is 6.40. The number of halogens is 2. The summed E-state index contributed by atoms with van der Waals surface area (Å²) in [5.74, 6) is 0. The molecule has 1 aromatic rings. The first-order chi connectivity index (χ1) is 5.65. The molecular formula is C8H9ClINO. The van der Waals surface area contributed by atoms with Gasteiger partial charge in [0.15, 0.2) is 0 Å². The molecule has 0 aliphatic heterocycles. The molecule has 4 heteroatoms. The minimum atomic E-state index is -0.380. The molecule has 0 unspecified atom stereocenters. The molecule has 1 atom stereocenters. The van der Waals surface area contributed by atoms with Crippen molar-refractivity contribution in [2.75, 3.05) is 6.61 Å². The van der Waals surface area contributed by atoms with Crippen molar-refractivity contribution in [3.05, 3.63) is 32.4 Å². The molecule has 3 N–H and O–H groups in total. The Morgan fingerprint density at radius 2 is 2.25 bits per heavy atom. The van der Waals surface area contributed by atoms with E-state index in [4.69, 9.17) is 22.4 Å². The number of aliphatic hydroxyl groups is 1. The van der Waals surface area contributed by atoms with Crippen molar-refractivity contribution >= 4 is 34.2 Å². The van der Waals surface area contributed by atoms with Crippen molar-refractivity contribution in [3.8, 4) is 0 Å². The normalized spacial score (nSPS) is 13.0. The fourth-order valence-electron chi connectivity index (χ4n) is 0.901. The van der Waals surface area contributed by atoms with Crippen LogP contribution in [0.15, 0.2) is 18.2 Å². The predicted molar refractivity (Wildman–Crippen MR) is 58.2 cm³/mol. The Morgan fingerprint density at radius 1 is 1.58 bits per heavy atom. The van der Waals surface area contributed by atoms with E-state index in [1.165, 1.54) is 0 Å². The van der Waals surface area contributed by atoms with Crippen LogP contribution in [0.2, 0.25) is 5.02 Å². The van der Waals surface area contributed by atoms with Gasteiger partial charge in [-0.05, 0) is 40.3 Å². The molecule has 12 heavy (non-hydrogen) atoms. The average molecular weight is 298 g/mol. The second-order valence-electron chi connectivity index (χ2n) is 2.45. The Bertz CT molecular complexity index is 280. The van der Waals surface area contributed by atoms with E-state index < -0.39 is 0 Å². The number of aliphatic hydroxyl groups excluding tert-OH is 1. The highest BCUT2D eigenvalue weighted by Gasteiger charge is 2.08. The maximum atomic E-state index is 8.80. The first kappa shape index (κ1) is 10.2. The first-order valence-corrected chi connectivity index (χ1v) is 4.92. The molecule has 2 nitrogen and oxygen atoms in total. The largest absolute Gasteiger partial charge is 0.394 e. The van der Waals surface area contributed by atoms with Crippen molar-refractivity contribution in [2.24, 2.45) is 5.73 Å². The zero-order chi connectivity index (χ0) is 9.14. The molecule has 0 heterocycles. The van der Waals surface area contributed by atoms with Crippen molar-refractivity contribution in [2.45, 2.75) is 6.04 Å². The van der Waals surface area contributed by atoms with Crippen LogP contribution in [-0.2, 0) is 0 Å². The van der Waals surface area contributed by atoms with Crippen LogP contribution in [0.5, 0.6) is 0 Å². The van der Waals surface area contributed by atoms with Gasteiger partial charge in [-0.3, -0.25) is 0 Å². The zero-order valence-electron chi connectivity index (χ0n) is 6.30. The smallest absolute Gasteiger partial charge is 0.0624 e. The van der Waals surface area contributed by atoms with Crippen LogP contribution in [0.3, 0.4) is 0 Å². The van der Waals surface area contributed by atoms with Crippen LogP contribution < -0.4 is 5.73 Å². The van der Waals surface area contributed by atoms with E-state index in [0.717, 1.165) is 9.13 Å². The summed E-state index contributed by atoms with van der Waals surface area (Å²) >= 11 is 8.08. The van der Waals surface area contributed by atoms with E-state index in [9.17, 15) is 0 Å². The van der Waals surface area contributed by atoms with E-state index >= 15 is 0 Å². The Morgan fingerprint density at radius 3 is 2.75 bits per heavy atom. The van der Waals surface area contributed by atoms with Crippen LogP contribution in [0.4, 0.5) is 0 Å². The fourth-order valence-corrected chi connectivity index (χ4v) is 1.90. The molecule has 0 aliphatic carbocycles. The van der Waals surface area contributed by atoms with Crippen molar-refractivity contribution < 1.29 is 5.11 Å². The highest BCUT2D eigenvalue weighted by molar-refractivity contribution is 14.1. The van der Waals surface area contributed by atoms with Gasteiger partial charge in [-0.15, -0.1) is 0 Å². The molecule has 0 amide bonds. The molecular weight excluding hydrogens is 288 g/mol. The molecule has 0 bridgehead atoms. The third-order valence-electron chi connectivity index (χ3n) is 1.56. The maximum absolute atomic E-state index is 8.80. The molecule has 0 saturated carbocycles. The monoisotopic (exact) mass is 297 g/mol. The molecule has 0 saturated heterocycles. The van der Waals surface area contributed by atoms with Crippen LogP contribution in [-0.4, -0.2) is 11.7 Å². The summed E-state index contributed by atoms with van der Waals surface area (Å²) in [4.78, 5) is 0. The standard InChI is InChI=1S/C8H9ClINO/c9-7-3-5(10)1-2-6(7)8(11)4-12/h1-3,8,12H,4,11H2/t8-/m0/s1. The van der Waals surface area contributed by atoms with Gasteiger partial charge in [0.2, 0.25) is 0 Å². The van der Waals surface area contributed by atoms with Crippen LogP contribution >= 0.6 is 34.2 Å². The van der Waals surface area contributed by atoms with Gasteiger partial charge >= 0.3 is 0 Å². The summed E-state index contributed by atoms with van der Waals surface area (Å²) < 4.78 is 1.06. The number of rotatable bonds is 2. The van der Waals surface area contributed by atoms with Gasteiger partial charge in [-0.2, -0.15) is 0 Å². The minimum absolute atomic E-state index is 0.0830. The van der Waals surface area contributed by atoms with Gasteiger partial charge in [0.05, 0.1) is 12.6 Å². The molecule has 0 radical (unpaired) electrons. The Hall–Kier alpha value is 0.160. The SMILES string of the molecule is N[C@@H](CO)c1ccc(I)cc1Cl. The van der Waals surface area contributed by atoms with E-state index in [1.807, 2.05) is 18.2 Å². The van der Waals surface area contributed by atoms with Crippen molar-refractivity contribution in [1.29, 1.82) is 0 Å². The minimum Gasteiger partial charge on any atom is -0.394 e. The van der Waals surface area contributed by atoms with E-state index in [2.05, 4.69) is 22.6 Å². The lowest BCUT2D eigenvalue weighted by atomic mass is 10.1. The average Bonchev–Trinajstić information content (AvgIpc) is 2.03. The molecule has 1 aromatic carbocycles. The number of nitrogens with two attached hydrogens (primary N) is 1. The van der Waals surface area contributed by atoms with Gasteiger partial charge in [-0.25, -0.2) is 0 Å². The summed E-state index contributed by atoms with van der Waals surface area (Å²) in [6.45, 7) is -0.0830. The van der Waals surface area contributed by atoms with Gasteiger partial charge in [0.1, 0.15) is 0 Å². The Kier molecular flexibility index (Phi) is 3.77. The van der Waals surface area contributed by atoms with Gasteiger partial charge < -0.3 is 10.8 Å². The number of hydrogen-bond donors (Lipinski definition) is 2. The summed E-state index contributed by atoms with van der Waals surface area (Å²) in [6.07, 6.45) is 0. The highest BCUT2D eigenvalue weighted by Crippen LogP contribution is 2.23. The second-order valence-corrected chi connectivity index (χ2v) is 4.11. The van der Waals surface area contributed by atoms with Crippen LogP contribution in [0.25, 0.3) is 0 Å². The van der Waals surface area contributed by atoms with Crippen molar-refractivity contribution in [1.82, 2.24) is 0 Å². The lowest BCUT2D eigenvalue weighted by Gasteiger charge is -2.10. The summed E-state index contributed by atoms with van der Waals surface area (Å²) in [5, 5.41) is 9.41. The van der Waals surface area contributed by atoms with E-state index in [0.29, 0.717) is 5.02 Å². The van der Waals surface area contributed by atoms with Crippen LogP contribution in [0.1, 0.15) is 11.6 Å². The number of benzene rings is 1. The molecule has 0 aromatic heterocycles. The lowest BCUT2D eigenvalue weighted by Crippen LogP contribution is -2.14. The fraction of sp³-hybridized carbons (Fsp3) is 0.250. The van der Waals surface area contributed by atoms with Gasteiger partial charge in [-0.1, -0.05) is 17.7 Å². The van der Waals surface area contributed by atoms with Crippen LogP contribution in [0, 0.1) is 3.57 Å². The Labute approximate surface area is 89.9 Å². The summed E-state index contributed by atoms with van der Waals surface area (Å²) in [6, 6.07) is 5.20. The third kappa shape index (κ3) is 2.32. The topological polar surface area (TPSA) is 46.2 Å². The quantitative estimate of drug-likeness (QED) is 0.820. The zero-order valence-corrected chi connectivity index (χ0v) is 9.21. The summed E-state index contributed by atoms with van der Waals surface area (Å²) in [7, 11) is 0. The molecule has 1 rings (SSSR count). The maximum Gasteiger partial charge on any atom is 0.0624 e. The van der Waals surface area contributed by atoms with E-state index in [-0.39, 0.29) is 12.6 Å². The Balaban J connectivity index is 3.01. The lowest BCUT2D eigenvalue weighted by molar-refractivity contribution is 0.268. The molecule has 0 fully saturated rings. The van der Waals surface area contributed by atoms with Gasteiger partial charge in [0.25, 0.3) is 0 Å². The number of hydrogen-bond acceptors (Lipinski definition) is 2. The van der Waals surface area contributed by atoms with Crippen molar-refractivity contribution in [3.63, 3.8) is 0 Å². The molecule has 0 aliphatic rings. The molecule has 0 spiro atoms. The highest BCUT2D eigenvalue weighted by atomic mass is 127. The first-order valence-electron chi connectivity index (χ1n) is 3.46. The molecule has 66 valence electrons. The third-order valence-corrected chi connectivity index (χ3v) is 2.56. The van der Waals surface area contributed by atoms with E-state index in [1.54, 1.807) is 0 Å².